The minimum atomic E-state index is 0.297. The molecular weight excluding hydrogens is 212 g/mol. The summed E-state index contributed by atoms with van der Waals surface area (Å²) in [6.45, 7) is 9.47. The second-order valence-corrected chi connectivity index (χ2v) is 4.04. The van der Waals surface area contributed by atoms with Gasteiger partial charge in [0.15, 0.2) is 5.69 Å². The molecule has 0 aliphatic heterocycles. The number of hydrogen-bond donors (Lipinski definition) is 1. The molecule has 1 unspecified atom stereocenters. The second-order valence-electron chi connectivity index (χ2n) is 4.04. The van der Waals surface area contributed by atoms with Crippen LogP contribution in [0.3, 0.4) is 0 Å². The summed E-state index contributed by atoms with van der Waals surface area (Å²) >= 11 is 0. The molecule has 0 aromatic carbocycles. The number of nitriles is 1. The van der Waals surface area contributed by atoms with Crippen LogP contribution in [0, 0.1) is 11.3 Å². The van der Waals surface area contributed by atoms with Crippen LogP contribution >= 0.6 is 0 Å². The number of nitrogens with zero attached hydrogens (tertiary/aromatic N) is 3. The van der Waals surface area contributed by atoms with Gasteiger partial charge in [0.1, 0.15) is 6.07 Å². The molecule has 0 radical (unpaired) electrons. The minimum Gasteiger partial charge on any atom is -0.379 e. The van der Waals surface area contributed by atoms with E-state index in [-0.39, 0.29) is 0 Å². The number of hydrogen-bond acceptors (Lipinski definition) is 4. The largest absolute Gasteiger partial charge is 0.379 e. The summed E-state index contributed by atoms with van der Waals surface area (Å²) in [6, 6.07) is 6.13. The highest BCUT2D eigenvalue weighted by atomic mass is 15.1. The van der Waals surface area contributed by atoms with E-state index in [9.17, 15) is 0 Å². The highest BCUT2D eigenvalue weighted by molar-refractivity contribution is 5.53. The molecule has 0 saturated carbocycles. The van der Waals surface area contributed by atoms with Gasteiger partial charge in [-0.2, -0.15) is 5.26 Å². The Kier molecular flexibility index (Phi) is 5.44. The quantitative estimate of drug-likeness (QED) is 0.816. The summed E-state index contributed by atoms with van der Waals surface area (Å²) in [6.07, 6.45) is 1.64. The van der Waals surface area contributed by atoms with Crippen LogP contribution in [-0.4, -0.2) is 35.6 Å². The number of nitrogens with one attached hydrogen (secondary N) is 1. The fraction of sp³-hybridized carbons (Fsp3) is 0.538. The minimum absolute atomic E-state index is 0.297. The zero-order chi connectivity index (χ0) is 12.7. The summed E-state index contributed by atoms with van der Waals surface area (Å²) in [4.78, 5) is 6.38. The van der Waals surface area contributed by atoms with Gasteiger partial charge in [-0.15, -0.1) is 0 Å². The van der Waals surface area contributed by atoms with E-state index in [1.165, 1.54) is 0 Å². The third kappa shape index (κ3) is 4.04. The highest BCUT2D eigenvalue weighted by Crippen LogP contribution is 2.12. The Hall–Kier alpha value is -1.60. The van der Waals surface area contributed by atoms with Crippen LogP contribution in [0.5, 0.6) is 0 Å². The van der Waals surface area contributed by atoms with E-state index in [2.05, 4.69) is 42.0 Å². The lowest BCUT2D eigenvalue weighted by Gasteiger charge is -2.24. The van der Waals surface area contributed by atoms with Gasteiger partial charge in [-0.25, -0.2) is 4.98 Å². The third-order valence-electron chi connectivity index (χ3n) is 2.74. The second kappa shape index (κ2) is 6.87. The lowest BCUT2D eigenvalue weighted by Crippen LogP contribution is -2.34. The first-order chi connectivity index (χ1) is 8.21. The Labute approximate surface area is 103 Å². The van der Waals surface area contributed by atoms with Gasteiger partial charge in [-0.3, -0.25) is 0 Å². The Morgan fingerprint density at radius 3 is 2.76 bits per heavy atom. The first kappa shape index (κ1) is 13.5. The molecule has 0 amide bonds. The van der Waals surface area contributed by atoms with Gasteiger partial charge in [-0.05, 0) is 32.1 Å². The van der Waals surface area contributed by atoms with Crippen molar-refractivity contribution in [1.82, 2.24) is 9.88 Å². The number of likely N-dealkylation sites (N-methyl/N-ethyl adjacent to an activating group) is 1. The first-order valence-electron chi connectivity index (χ1n) is 6.05. The predicted octanol–water partition coefficient (Wildman–Crippen LogP) is 2.10. The number of aromatic nitrogens is 1. The number of pyridine rings is 1. The van der Waals surface area contributed by atoms with Crippen molar-refractivity contribution in [2.75, 3.05) is 25.0 Å². The van der Waals surface area contributed by atoms with Crippen molar-refractivity contribution in [3.8, 4) is 6.07 Å². The summed E-state index contributed by atoms with van der Waals surface area (Å²) in [5.74, 6) is 0. The first-order valence-corrected chi connectivity index (χ1v) is 6.05. The molecule has 92 valence electrons. The van der Waals surface area contributed by atoms with Gasteiger partial charge in [0.25, 0.3) is 0 Å². The molecule has 0 spiro atoms. The third-order valence-corrected chi connectivity index (χ3v) is 2.74. The summed E-state index contributed by atoms with van der Waals surface area (Å²) in [5.41, 5.74) is 1.27. The van der Waals surface area contributed by atoms with Crippen molar-refractivity contribution < 1.29 is 0 Å². The fourth-order valence-corrected chi connectivity index (χ4v) is 1.79. The molecule has 1 aromatic heterocycles. The van der Waals surface area contributed by atoms with E-state index in [1.807, 2.05) is 12.1 Å². The maximum Gasteiger partial charge on any atom is 0.163 e. The van der Waals surface area contributed by atoms with E-state index in [0.29, 0.717) is 11.7 Å². The Bertz CT molecular complexity index is 379. The summed E-state index contributed by atoms with van der Waals surface area (Å²) in [7, 11) is 0. The molecule has 17 heavy (non-hydrogen) atoms. The monoisotopic (exact) mass is 232 g/mol. The zero-order valence-electron chi connectivity index (χ0n) is 10.8. The Balaban J connectivity index is 2.62. The molecule has 0 bridgehead atoms. The molecule has 0 aliphatic rings. The average molecular weight is 232 g/mol. The number of anilines is 1. The Morgan fingerprint density at radius 1 is 1.47 bits per heavy atom. The van der Waals surface area contributed by atoms with Crippen molar-refractivity contribution in [2.24, 2.45) is 0 Å². The van der Waals surface area contributed by atoms with Gasteiger partial charge >= 0.3 is 0 Å². The molecule has 0 saturated heterocycles. The molecule has 4 nitrogen and oxygen atoms in total. The van der Waals surface area contributed by atoms with E-state index in [1.54, 1.807) is 6.20 Å². The van der Waals surface area contributed by atoms with Gasteiger partial charge < -0.3 is 10.2 Å². The molecule has 1 rings (SSSR count). The van der Waals surface area contributed by atoms with Gasteiger partial charge in [0, 0.05) is 18.8 Å². The number of rotatable bonds is 6. The van der Waals surface area contributed by atoms with Crippen LogP contribution in [0.4, 0.5) is 5.69 Å². The van der Waals surface area contributed by atoms with Crippen molar-refractivity contribution in [3.63, 3.8) is 0 Å². The van der Waals surface area contributed by atoms with Crippen LogP contribution in [-0.2, 0) is 0 Å². The molecular formula is C13H20N4. The summed E-state index contributed by atoms with van der Waals surface area (Å²) in [5, 5.41) is 12.3. The van der Waals surface area contributed by atoms with E-state index >= 15 is 0 Å². The molecule has 1 aromatic rings. The standard InChI is InChI=1S/C13H20N4/c1-4-17(5-2)10-11(3)16-12-7-6-8-15-13(12)9-14/h6-8,11,16H,4-5,10H2,1-3H3. The van der Waals surface area contributed by atoms with Crippen molar-refractivity contribution >= 4 is 5.69 Å². The van der Waals surface area contributed by atoms with Gasteiger partial charge in [-0.1, -0.05) is 13.8 Å². The van der Waals surface area contributed by atoms with Crippen LogP contribution in [0.2, 0.25) is 0 Å². The maximum atomic E-state index is 8.94. The fourth-order valence-electron chi connectivity index (χ4n) is 1.79. The molecule has 4 heteroatoms. The van der Waals surface area contributed by atoms with Crippen molar-refractivity contribution in [3.05, 3.63) is 24.0 Å². The summed E-state index contributed by atoms with van der Waals surface area (Å²) < 4.78 is 0. The lowest BCUT2D eigenvalue weighted by atomic mass is 10.2. The van der Waals surface area contributed by atoms with E-state index < -0.39 is 0 Å². The lowest BCUT2D eigenvalue weighted by molar-refractivity contribution is 0.295. The highest BCUT2D eigenvalue weighted by Gasteiger charge is 2.09. The Morgan fingerprint density at radius 2 is 2.18 bits per heavy atom. The van der Waals surface area contributed by atoms with E-state index in [4.69, 9.17) is 5.26 Å². The zero-order valence-corrected chi connectivity index (χ0v) is 10.8. The molecule has 1 atom stereocenters. The van der Waals surface area contributed by atoms with E-state index in [0.717, 1.165) is 25.3 Å². The SMILES string of the molecule is CCN(CC)CC(C)Nc1cccnc1C#N. The topological polar surface area (TPSA) is 52.0 Å². The normalized spacial score (nSPS) is 12.2. The van der Waals surface area contributed by atoms with Gasteiger partial charge in [0.2, 0.25) is 0 Å². The maximum absolute atomic E-state index is 8.94. The average Bonchev–Trinajstić information content (AvgIpc) is 2.36. The van der Waals surface area contributed by atoms with Gasteiger partial charge in [0.05, 0.1) is 5.69 Å². The molecule has 0 aliphatic carbocycles. The molecule has 0 fully saturated rings. The van der Waals surface area contributed by atoms with Crippen molar-refractivity contribution in [1.29, 1.82) is 5.26 Å². The van der Waals surface area contributed by atoms with Crippen LogP contribution in [0.15, 0.2) is 18.3 Å². The van der Waals surface area contributed by atoms with Crippen LogP contribution in [0.25, 0.3) is 0 Å². The molecule has 1 N–H and O–H groups in total. The van der Waals surface area contributed by atoms with Crippen molar-refractivity contribution in [2.45, 2.75) is 26.8 Å². The predicted molar refractivity (Wildman–Crippen MR) is 69.8 cm³/mol. The van der Waals surface area contributed by atoms with Crippen LogP contribution < -0.4 is 5.32 Å². The smallest absolute Gasteiger partial charge is 0.163 e. The van der Waals surface area contributed by atoms with Crippen LogP contribution in [0.1, 0.15) is 26.5 Å². The molecule has 1 heterocycles.